The second kappa shape index (κ2) is 15.7. The van der Waals surface area contributed by atoms with Crippen molar-refractivity contribution in [3.05, 3.63) is 0 Å². The Morgan fingerprint density at radius 3 is 1.33 bits per heavy atom. The summed E-state index contributed by atoms with van der Waals surface area (Å²) in [5, 5.41) is 0. The molecule has 1 nitrogen and oxygen atoms in total. The summed E-state index contributed by atoms with van der Waals surface area (Å²) in [6, 6.07) is 0. The molecule has 0 bridgehead atoms. The summed E-state index contributed by atoms with van der Waals surface area (Å²) in [6.45, 7) is 6.78. The summed E-state index contributed by atoms with van der Waals surface area (Å²) in [4.78, 5) is 0. The van der Waals surface area contributed by atoms with Crippen LogP contribution in [-0.2, 0) is 4.74 Å². The van der Waals surface area contributed by atoms with E-state index in [2.05, 4.69) is 4.74 Å². The zero-order chi connectivity index (χ0) is 7.54. The monoisotopic (exact) mass is 132 g/mol. The van der Waals surface area contributed by atoms with Crippen LogP contribution in [-0.4, -0.2) is 13.7 Å². The molecule has 0 radical (unpaired) electrons. The topological polar surface area (TPSA) is 9.23 Å². The second-order valence-electron chi connectivity index (χ2n) is 1.64. The zero-order valence-corrected chi connectivity index (χ0v) is 7.24. The molecule has 1 aliphatic carbocycles. The van der Waals surface area contributed by atoms with Crippen molar-refractivity contribution in [2.75, 3.05) is 13.7 Å². The molecule has 1 rings (SSSR count). The molecule has 0 N–H and O–H groups in total. The third kappa shape index (κ3) is 73.6. The molecule has 0 spiro atoms. The van der Waals surface area contributed by atoms with Crippen LogP contribution in [0.2, 0.25) is 0 Å². The third-order valence-electron chi connectivity index (χ3n) is 0.642. The molecule has 0 aromatic carbocycles. The van der Waals surface area contributed by atoms with Crippen molar-refractivity contribution in [3.8, 4) is 0 Å². The molecule has 1 aliphatic rings. The summed E-state index contributed by atoms with van der Waals surface area (Å²) < 4.78 is 4.54. The highest BCUT2D eigenvalue weighted by Gasteiger charge is 1.95. The molecule has 0 aromatic rings. The van der Waals surface area contributed by atoms with Gasteiger partial charge in [-0.3, -0.25) is 0 Å². The van der Waals surface area contributed by atoms with Gasteiger partial charge in [-0.15, -0.1) is 0 Å². The van der Waals surface area contributed by atoms with Crippen molar-refractivity contribution in [1.29, 1.82) is 0 Å². The minimum atomic E-state index is 0.819. The predicted molar refractivity (Wildman–Crippen MR) is 42.7 cm³/mol. The fourth-order valence-corrected chi connectivity index (χ4v) is 0. The van der Waals surface area contributed by atoms with Gasteiger partial charge < -0.3 is 4.74 Å². The van der Waals surface area contributed by atoms with Gasteiger partial charge in [-0.2, -0.15) is 0 Å². The summed E-state index contributed by atoms with van der Waals surface area (Å²) >= 11 is 0. The van der Waals surface area contributed by atoms with Gasteiger partial charge in [0, 0.05) is 13.7 Å². The van der Waals surface area contributed by atoms with Crippen LogP contribution in [0.1, 0.15) is 40.0 Å². The van der Waals surface area contributed by atoms with E-state index in [0.29, 0.717) is 0 Å². The molecule has 1 heteroatoms. The van der Waals surface area contributed by atoms with E-state index in [-0.39, 0.29) is 0 Å². The van der Waals surface area contributed by atoms with E-state index >= 15 is 0 Å². The lowest BCUT2D eigenvalue weighted by Gasteiger charge is -1.76. The number of rotatable bonds is 1. The standard InChI is InChI=1S/C3H8O.C3H6.C2H6/c1-3-4-2;1-2-3-1;1-2/h3H2,1-2H3;1-3H2;1-2H3. The molecule has 0 saturated heterocycles. The van der Waals surface area contributed by atoms with E-state index in [1.165, 1.54) is 19.3 Å². The number of ether oxygens (including phenoxy) is 1. The van der Waals surface area contributed by atoms with Crippen LogP contribution in [0.15, 0.2) is 0 Å². The maximum atomic E-state index is 4.54. The predicted octanol–water partition coefficient (Wildman–Crippen LogP) is 2.85. The first-order valence-corrected chi connectivity index (χ1v) is 3.90. The fraction of sp³-hybridized carbons (Fsp3) is 1.00. The Morgan fingerprint density at radius 1 is 1.11 bits per heavy atom. The summed E-state index contributed by atoms with van der Waals surface area (Å²) in [5.74, 6) is 0. The average Bonchev–Trinajstić information content (AvgIpc) is 2.77. The van der Waals surface area contributed by atoms with Crippen molar-refractivity contribution in [2.24, 2.45) is 0 Å². The lowest BCUT2D eigenvalue weighted by Crippen LogP contribution is -1.73. The minimum absolute atomic E-state index is 0.819. The number of hydrogen-bond acceptors (Lipinski definition) is 1. The fourth-order valence-electron chi connectivity index (χ4n) is 0. The Hall–Kier alpha value is -0.0400. The Kier molecular flexibility index (Phi) is 20.4. The van der Waals surface area contributed by atoms with Crippen molar-refractivity contribution in [3.63, 3.8) is 0 Å². The third-order valence-corrected chi connectivity index (χ3v) is 0.642. The maximum absolute atomic E-state index is 4.54. The van der Waals surface area contributed by atoms with Gasteiger partial charge in [0.05, 0.1) is 0 Å². The molecule has 0 amide bonds. The summed E-state index contributed by atoms with van der Waals surface area (Å²) in [7, 11) is 1.68. The molecule has 0 heterocycles. The van der Waals surface area contributed by atoms with Crippen molar-refractivity contribution >= 4 is 0 Å². The molecule has 9 heavy (non-hydrogen) atoms. The summed E-state index contributed by atoms with van der Waals surface area (Å²) in [5.41, 5.74) is 0. The molecule has 1 fully saturated rings. The first-order chi connectivity index (χ1) is 4.41. The van der Waals surface area contributed by atoms with E-state index in [1.807, 2.05) is 20.8 Å². The van der Waals surface area contributed by atoms with Crippen LogP contribution in [0.4, 0.5) is 0 Å². The highest BCUT2D eigenvalue weighted by atomic mass is 16.5. The molecule has 58 valence electrons. The van der Waals surface area contributed by atoms with Gasteiger partial charge in [-0.05, 0) is 6.92 Å². The van der Waals surface area contributed by atoms with Gasteiger partial charge in [0.1, 0.15) is 0 Å². The first kappa shape index (κ1) is 11.7. The highest BCUT2D eigenvalue weighted by molar-refractivity contribution is 4.50. The largest absolute Gasteiger partial charge is 0.385 e. The lowest BCUT2D eigenvalue weighted by atomic mass is 10.9. The molecule has 0 aromatic heterocycles. The smallest absolute Gasteiger partial charge is 0.0433 e. The Labute approximate surface area is 59.4 Å². The van der Waals surface area contributed by atoms with Gasteiger partial charge >= 0.3 is 0 Å². The SMILES string of the molecule is C1CC1.CC.CCOC. The van der Waals surface area contributed by atoms with Gasteiger partial charge in [-0.25, -0.2) is 0 Å². The quantitative estimate of drug-likeness (QED) is 0.533. The highest BCUT2D eigenvalue weighted by Crippen LogP contribution is 2.14. The van der Waals surface area contributed by atoms with Crippen molar-refractivity contribution < 1.29 is 4.74 Å². The number of methoxy groups -OCH3 is 1. The lowest BCUT2D eigenvalue weighted by molar-refractivity contribution is 0.215. The van der Waals surface area contributed by atoms with Crippen LogP contribution in [0.3, 0.4) is 0 Å². The van der Waals surface area contributed by atoms with Gasteiger partial charge in [0.2, 0.25) is 0 Å². The number of hydrogen-bond donors (Lipinski definition) is 0. The van der Waals surface area contributed by atoms with Crippen molar-refractivity contribution in [2.45, 2.75) is 40.0 Å². The Balaban J connectivity index is 0. The Bertz CT molecular complexity index is 21.0. The normalized spacial score (nSPS) is 12.0. The summed E-state index contributed by atoms with van der Waals surface area (Å²) in [6.07, 6.45) is 4.50. The van der Waals surface area contributed by atoms with E-state index in [4.69, 9.17) is 0 Å². The molecular formula is C8H20O. The minimum Gasteiger partial charge on any atom is -0.385 e. The van der Waals surface area contributed by atoms with E-state index in [1.54, 1.807) is 7.11 Å². The van der Waals surface area contributed by atoms with E-state index in [9.17, 15) is 0 Å². The van der Waals surface area contributed by atoms with Crippen molar-refractivity contribution in [1.82, 2.24) is 0 Å². The van der Waals surface area contributed by atoms with Crippen LogP contribution < -0.4 is 0 Å². The first-order valence-electron chi connectivity index (χ1n) is 3.90. The van der Waals surface area contributed by atoms with E-state index < -0.39 is 0 Å². The zero-order valence-electron chi connectivity index (χ0n) is 7.24. The molecule has 0 unspecified atom stereocenters. The molecule has 0 atom stereocenters. The average molecular weight is 132 g/mol. The maximum Gasteiger partial charge on any atom is 0.0433 e. The van der Waals surface area contributed by atoms with Crippen LogP contribution in [0.5, 0.6) is 0 Å². The molecule has 0 aliphatic heterocycles. The van der Waals surface area contributed by atoms with Gasteiger partial charge in [0.25, 0.3) is 0 Å². The van der Waals surface area contributed by atoms with Crippen LogP contribution >= 0.6 is 0 Å². The van der Waals surface area contributed by atoms with E-state index in [0.717, 1.165) is 6.61 Å². The second-order valence-corrected chi connectivity index (χ2v) is 1.64. The van der Waals surface area contributed by atoms with Gasteiger partial charge in [0.15, 0.2) is 0 Å². The molecular weight excluding hydrogens is 112 g/mol. The molecule has 1 saturated carbocycles. The van der Waals surface area contributed by atoms with Gasteiger partial charge in [-0.1, -0.05) is 33.1 Å². The van der Waals surface area contributed by atoms with Crippen LogP contribution in [0.25, 0.3) is 0 Å². The Morgan fingerprint density at radius 2 is 1.33 bits per heavy atom. The van der Waals surface area contributed by atoms with Crippen LogP contribution in [0, 0.1) is 0 Å².